The average molecular weight is 645 g/mol. The van der Waals surface area contributed by atoms with Crippen molar-refractivity contribution in [1.29, 1.82) is 0 Å². The molecular formula is C40H28MgN8. The van der Waals surface area contributed by atoms with Crippen molar-refractivity contribution < 1.29 is 0 Å². The summed E-state index contributed by atoms with van der Waals surface area (Å²) in [6.07, 6.45) is 16.1. The van der Waals surface area contributed by atoms with Gasteiger partial charge in [0, 0.05) is 67.2 Å². The van der Waals surface area contributed by atoms with Crippen LogP contribution in [0.2, 0.25) is 0 Å². The molecule has 0 amide bonds. The number of aromatic amines is 4. The quantitative estimate of drug-likeness (QED) is 0.123. The number of fused-ring (bicyclic) bond motifs is 16. The molecule has 0 fully saturated rings. The SMILES string of the molecule is C1=Cc2cc3ccc(cc4ccc(cc5nc(cc1n2)C=C5)[nH]4)[nH]3.C1=Cc2cc3ccc(cc4ccc(cc5nc(cc1n2)C=C5)[nH]4)[nH]3.[Mg]. The maximum Gasteiger partial charge on any atom is 0.0659 e. The van der Waals surface area contributed by atoms with E-state index in [-0.39, 0.29) is 23.1 Å². The lowest BCUT2D eigenvalue weighted by Crippen LogP contribution is -1.77. The maximum atomic E-state index is 4.62. The van der Waals surface area contributed by atoms with E-state index in [2.05, 4.69) is 101 Å². The Kier molecular flexibility index (Phi) is 7.96. The van der Waals surface area contributed by atoms with E-state index in [0.717, 1.165) is 89.7 Å². The third kappa shape index (κ3) is 6.98. The highest BCUT2D eigenvalue weighted by Gasteiger charge is 2.04. The summed E-state index contributed by atoms with van der Waals surface area (Å²) in [5.41, 5.74) is 15.7. The van der Waals surface area contributed by atoms with Crippen LogP contribution in [0.4, 0.5) is 0 Å². The molecule has 8 nitrogen and oxygen atoms in total. The van der Waals surface area contributed by atoms with E-state index in [1.54, 1.807) is 0 Å². The molecule has 6 aromatic rings. The zero-order chi connectivity index (χ0) is 31.9. The molecule has 0 saturated heterocycles. The number of nitrogens with zero attached hydrogens (tertiary/aromatic N) is 4. The summed E-state index contributed by atoms with van der Waals surface area (Å²) in [5.74, 6) is 0. The van der Waals surface area contributed by atoms with Gasteiger partial charge >= 0.3 is 0 Å². The van der Waals surface area contributed by atoms with Gasteiger partial charge in [-0.05, 0) is 146 Å². The van der Waals surface area contributed by atoms with E-state index in [1.807, 2.05) is 85.0 Å². The summed E-state index contributed by atoms with van der Waals surface area (Å²) in [6, 6.07) is 32.8. The molecule has 230 valence electrons. The molecule has 0 atom stereocenters. The Labute approximate surface area is 297 Å². The first-order valence-electron chi connectivity index (χ1n) is 15.7. The molecule has 16 bridgehead atoms. The van der Waals surface area contributed by atoms with Crippen molar-refractivity contribution in [2.24, 2.45) is 0 Å². The summed E-state index contributed by atoms with van der Waals surface area (Å²) in [5, 5.41) is 0. The van der Waals surface area contributed by atoms with E-state index in [9.17, 15) is 0 Å². The van der Waals surface area contributed by atoms with Crippen molar-refractivity contribution in [3.63, 3.8) is 0 Å². The molecule has 9 heteroatoms. The van der Waals surface area contributed by atoms with Crippen LogP contribution in [0.15, 0.2) is 97.1 Å². The van der Waals surface area contributed by atoms with Gasteiger partial charge in [-0.15, -0.1) is 0 Å². The van der Waals surface area contributed by atoms with Crippen molar-refractivity contribution in [1.82, 2.24) is 39.9 Å². The van der Waals surface area contributed by atoms with Crippen LogP contribution < -0.4 is 0 Å². The zero-order valence-electron chi connectivity index (χ0n) is 26.4. The molecule has 0 unspecified atom stereocenters. The van der Waals surface area contributed by atoms with Gasteiger partial charge in [0.15, 0.2) is 0 Å². The van der Waals surface area contributed by atoms with Crippen molar-refractivity contribution in [2.75, 3.05) is 0 Å². The fraction of sp³-hybridized carbons (Fsp3) is 0. The topological polar surface area (TPSA) is 115 Å². The minimum Gasteiger partial charge on any atom is -0.355 e. The molecule has 0 aromatic carbocycles. The van der Waals surface area contributed by atoms with Gasteiger partial charge in [0.05, 0.1) is 45.6 Å². The number of hydrogen-bond acceptors (Lipinski definition) is 4. The third-order valence-electron chi connectivity index (χ3n) is 8.08. The van der Waals surface area contributed by atoms with Crippen LogP contribution in [0.1, 0.15) is 45.6 Å². The van der Waals surface area contributed by atoms with Crippen LogP contribution in [-0.2, 0) is 0 Å². The molecule has 0 spiro atoms. The average Bonchev–Trinajstić information content (AvgIpc) is 3.91. The number of rotatable bonds is 0. The predicted octanol–water partition coefficient (Wildman–Crippen LogP) is 8.93. The summed E-state index contributed by atoms with van der Waals surface area (Å²) in [7, 11) is 0. The molecule has 2 radical (unpaired) electrons. The number of aromatic nitrogens is 8. The molecule has 10 heterocycles. The lowest BCUT2D eigenvalue weighted by molar-refractivity contribution is 1.28. The molecule has 10 rings (SSSR count). The van der Waals surface area contributed by atoms with Gasteiger partial charge in [-0.3, -0.25) is 0 Å². The summed E-state index contributed by atoms with van der Waals surface area (Å²) in [4.78, 5) is 32.0. The lowest BCUT2D eigenvalue weighted by atomic mass is 10.3. The summed E-state index contributed by atoms with van der Waals surface area (Å²) in [6.45, 7) is 0. The maximum absolute atomic E-state index is 4.62. The Hall–Kier alpha value is -6.03. The lowest BCUT2D eigenvalue weighted by Gasteiger charge is -1.86. The third-order valence-corrected chi connectivity index (χ3v) is 8.08. The number of nitrogens with one attached hydrogen (secondary N) is 4. The number of hydrogen-bond donors (Lipinski definition) is 4. The summed E-state index contributed by atoms with van der Waals surface area (Å²) >= 11 is 0. The largest absolute Gasteiger partial charge is 0.355 e. The Bertz CT molecular complexity index is 2330. The van der Waals surface area contributed by atoms with E-state index in [0.29, 0.717) is 0 Å². The Morgan fingerprint density at radius 3 is 0.653 bits per heavy atom. The molecule has 6 aromatic heterocycles. The van der Waals surface area contributed by atoms with Gasteiger partial charge < -0.3 is 19.9 Å². The fourth-order valence-electron chi connectivity index (χ4n) is 5.89. The van der Waals surface area contributed by atoms with Crippen LogP contribution in [0, 0.1) is 0 Å². The molecular weight excluding hydrogens is 617 g/mol. The van der Waals surface area contributed by atoms with Crippen molar-refractivity contribution in [2.45, 2.75) is 0 Å². The van der Waals surface area contributed by atoms with Gasteiger partial charge in [-0.25, -0.2) is 19.9 Å². The Morgan fingerprint density at radius 2 is 0.429 bits per heavy atom. The van der Waals surface area contributed by atoms with Crippen LogP contribution in [-0.4, -0.2) is 62.9 Å². The minimum atomic E-state index is 0. The second kappa shape index (κ2) is 12.9. The molecule has 49 heavy (non-hydrogen) atoms. The van der Waals surface area contributed by atoms with Gasteiger partial charge in [-0.1, -0.05) is 0 Å². The fourth-order valence-corrected chi connectivity index (χ4v) is 5.89. The van der Waals surface area contributed by atoms with Gasteiger partial charge in [0.1, 0.15) is 0 Å². The van der Waals surface area contributed by atoms with Crippen LogP contribution >= 0.6 is 0 Å². The van der Waals surface area contributed by atoms with Crippen LogP contribution in [0.5, 0.6) is 0 Å². The molecule has 0 saturated carbocycles. The predicted molar refractivity (Wildman–Crippen MR) is 203 cm³/mol. The highest BCUT2D eigenvalue weighted by atomic mass is 24.3. The van der Waals surface area contributed by atoms with E-state index in [1.165, 1.54) is 0 Å². The normalized spacial score (nSPS) is 12.4. The van der Waals surface area contributed by atoms with Gasteiger partial charge in [0.2, 0.25) is 0 Å². The van der Waals surface area contributed by atoms with E-state index in [4.69, 9.17) is 0 Å². The van der Waals surface area contributed by atoms with E-state index >= 15 is 0 Å². The van der Waals surface area contributed by atoms with Crippen LogP contribution in [0.25, 0.3) is 92.7 Å². The highest BCUT2D eigenvalue weighted by Crippen LogP contribution is 2.19. The molecule has 4 aliphatic heterocycles. The van der Waals surface area contributed by atoms with E-state index < -0.39 is 0 Å². The molecule has 0 aliphatic carbocycles. The standard InChI is InChI=1S/2C20H14N4.Mg/c2*1-2-14-10-16-5-6-18(23-16)12-20-8-7-19(24-20)11-17-4-3-15(22-17)9-13(1)21-14;/h2*1-12,21-22H;. The van der Waals surface area contributed by atoms with Crippen LogP contribution in [0.3, 0.4) is 0 Å². The monoisotopic (exact) mass is 644 g/mol. The first-order chi connectivity index (χ1) is 23.6. The Balaban J connectivity index is 0.000000139. The molecule has 4 aliphatic rings. The van der Waals surface area contributed by atoms with Gasteiger partial charge in [0.25, 0.3) is 0 Å². The smallest absolute Gasteiger partial charge is 0.0659 e. The van der Waals surface area contributed by atoms with Crippen molar-refractivity contribution >= 4 is 116 Å². The highest BCUT2D eigenvalue weighted by molar-refractivity contribution is 5.79. The van der Waals surface area contributed by atoms with Crippen molar-refractivity contribution in [3.05, 3.63) is 143 Å². The summed E-state index contributed by atoms with van der Waals surface area (Å²) < 4.78 is 0. The second-order valence-corrected chi connectivity index (χ2v) is 11.8. The number of H-pyrrole nitrogens is 4. The molecule has 4 N–H and O–H groups in total. The van der Waals surface area contributed by atoms with Crippen molar-refractivity contribution in [3.8, 4) is 0 Å². The minimum absolute atomic E-state index is 0. The first-order valence-corrected chi connectivity index (χ1v) is 15.7. The second-order valence-electron chi connectivity index (χ2n) is 11.8. The first kappa shape index (κ1) is 30.3. The van der Waals surface area contributed by atoms with Gasteiger partial charge in [-0.2, -0.15) is 0 Å². The zero-order valence-corrected chi connectivity index (χ0v) is 27.8. The Morgan fingerprint density at radius 1 is 0.245 bits per heavy atom.